The van der Waals surface area contributed by atoms with Crippen molar-refractivity contribution >= 4 is 11.6 Å². The van der Waals surface area contributed by atoms with E-state index in [1.807, 2.05) is 0 Å². The van der Waals surface area contributed by atoms with Gasteiger partial charge in [-0.15, -0.1) is 11.6 Å². The lowest BCUT2D eigenvalue weighted by Crippen LogP contribution is -2.46. The van der Waals surface area contributed by atoms with E-state index in [2.05, 4.69) is 11.8 Å². The van der Waals surface area contributed by atoms with Gasteiger partial charge in [-0.3, -0.25) is 4.90 Å². The molecule has 2 saturated heterocycles. The van der Waals surface area contributed by atoms with Crippen molar-refractivity contribution in [3.8, 4) is 0 Å². The number of ether oxygens (including phenoxy) is 1. The van der Waals surface area contributed by atoms with Crippen LogP contribution in [0, 0.1) is 5.92 Å². The first-order chi connectivity index (χ1) is 6.27. The van der Waals surface area contributed by atoms with Crippen LogP contribution < -0.4 is 0 Å². The van der Waals surface area contributed by atoms with E-state index < -0.39 is 0 Å². The average molecular weight is 204 g/mol. The van der Waals surface area contributed by atoms with E-state index in [-0.39, 0.29) is 0 Å². The van der Waals surface area contributed by atoms with E-state index >= 15 is 0 Å². The molecular formula is C10H18ClNO. The van der Waals surface area contributed by atoms with E-state index in [9.17, 15) is 0 Å². The summed E-state index contributed by atoms with van der Waals surface area (Å²) in [5.41, 5.74) is 0. The van der Waals surface area contributed by atoms with Gasteiger partial charge in [-0.25, -0.2) is 0 Å². The molecule has 76 valence electrons. The predicted octanol–water partition coefficient (Wildman–Crippen LogP) is 1.72. The van der Waals surface area contributed by atoms with Gasteiger partial charge in [0.25, 0.3) is 0 Å². The molecule has 0 aromatic carbocycles. The molecule has 0 aromatic rings. The Bertz CT molecular complexity index is 170. The molecule has 0 bridgehead atoms. The molecule has 3 atom stereocenters. The standard InChI is InChI=1S/C10H18ClNO/c1-8-2-4-12(6-10(8)11)9-3-5-13-7-9/h8-10H,2-7H2,1H3. The second kappa shape index (κ2) is 4.16. The molecule has 2 rings (SSSR count). The van der Waals surface area contributed by atoms with Gasteiger partial charge in [-0.2, -0.15) is 0 Å². The second-order valence-electron chi connectivity index (χ2n) is 4.29. The molecule has 0 aromatic heterocycles. The van der Waals surface area contributed by atoms with Gasteiger partial charge in [0.2, 0.25) is 0 Å². The summed E-state index contributed by atoms with van der Waals surface area (Å²) < 4.78 is 5.39. The van der Waals surface area contributed by atoms with Crippen molar-refractivity contribution in [1.29, 1.82) is 0 Å². The number of likely N-dealkylation sites (tertiary alicyclic amines) is 1. The lowest BCUT2D eigenvalue weighted by atomic mass is 9.97. The van der Waals surface area contributed by atoms with Crippen LogP contribution in [-0.4, -0.2) is 42.6 Å². The summed E-state index contributed by atoms with van der Waals surface area (Å²) in [6.45, 7) is 6.36. The third-order valence-electron chi connectivity index (χ3n) is 3.32. The number of rotatable bonds is 1. The monoisotopic (exact) mass is 203 g/mol. The highest BCUT2D eigenvalue weighted by molar-refractivity contribution is 6.21. The summed E-state index contributed by atoms with van der Waals surface area (Å²) >= 11 is 6.26. The molecule has 0 aliphatic carbocycles. The minimum atomic E-state index is 0.342. The summed E-state index contributed by atoms with van der Waals surface area (Å²) in [7, 11) is 0. The van der Waals surface area contributed by atoms with Gasteiger partial charge in [0.15, 0.2) is 0 Å². The summed E-state index contributed by atoms with van der Waals surface area (Å²) in [5.74, 6) is 0.681. The maximum Gasteiger partial charge on any atom is 0.0622 e. The molecule has 3 unspecified atom stereocenters. The molecule has 2 nitrogen and oxygen atoms in total. The molecule has 0 radical (unpaired) electrons. The van der Waals surface area contributed by atoms with Crippen molar-refractivity contribution in [3.05, 3.63) is 0 Å². The number of hydrogen-bond donors (Lipinski definition) is 0. The van der Waals surface area contributed by atoms with Crippen molar-refractivity contribution in [2.75, 3.05) is 26.3 Å². The van der Waals surface area contributed by atoms with Gasteiger partial charge in [0.05, 0.1) is 6.61 Å². The van der Waals surface area contributed by atoms with Crippen molar-refractivity contribution in [1.82, 2.24) is 4.90 Å². The molecule has 0 amide bonds. The number of nitrogens with zero attached hydrogens (tertiary/aromatic N) is 1. The number of alkyl halides is 1. The number of piperidine rings is 1. The molecule has 13 heavy (non-hydrogen) atoms. The van der Waals surface area contributed by atoms with Gasteiger partial charge < -0.3 is 4.74 Å². The molecule has 2 heterocycles. The SMILES string of the molecule is CC1CCN(C2CCOC2)CC1Cl. The number of halogens is 1. The van der Waals surface area contributed by atoms with Gasteiger partial charge in [-0.1, -0.05) is 6.92 Å². The Kier molecular flexibility index (Phi) is 3.12. The molecular weight excluding hydrogens is 186 g/mol. The molecule has 0 spiro atoms. The van der Waals surface area contributed by atoms with E-state index in [4.69, 9.17) is 16.3 Å². The van der Waals surface area contributed by atoms with Crippen molar-refractivity contribution < 1.29 is 4.74 Å². The second-order valence-corrected chi connectivity index (χ2v) is 4.85. The maximum atomic E-state index is 6.26. The molecule has 0 saturated carbocycles. The van der Waals surface area contributed by atoms with Crippen LogP contribution in [-0.2, 0) is 4.74 Å². The number of hydrogen-bond acceptors (Lipinski definition) is 2. The fraction of sp³-hybridized carbons (Fsp3) is 1.00. The molecule has 2 fully saturated rings. The van der Waals surface area contributed by atoms with Crippen molar-refractivity contribution in [2.45, 2.75) is 31.2 Å². The Morgan fingerprint density at radius 1 is 1.38 bits per heavy atom. The first-order valence-electron chi connectivity index (χ1n) is 5.23. The van der Waals surface area contributed by atoms with Gasteiger partial charge >= 0.3 is 0 Å². The summed E-state index contributed by atoms with van der Waals surface area (Å²) in [6, 6.07) is 0.647. The van der Waals surface area contributed by atoms with Crippen LogP contribution in [0.3, 0.4) is 0 Å². The highest BCUT2D eigenvalue weighted by Crippen LogP contribution is 2.25. The van der Waals surface area contributed by atoms with Crippen molar-refractivity contribution in [3.63, 3.8) is 0 Å². The first-order valence-corrected chi connectivity index (χ1v) is 5.67. The maximum absolute atomic E-state index is 6.26. The molecule has 3 heteroatoms. The lowest BCUT2D eigenvalue weighted by molar-refractivity contribution is 0.115. The van der Waals surface area contributed by atoms with Crippen LogP contribution in [0.5, 0.6) is 0 Å². The van der Waals surface area contributed by atoms with E-state index in [0.717, 1.165) is 19.8 Å². The zero-order valence-electron chi connectivity index (χ0n) is 8.21. The Hall–Kier alpha value is 0.210. The lowest BCUT2D eigenvalue weighted by Gasteiger charge is -2.37. The Morgan fingerprint density at radius 3 is 2.85 bits per heavy atom. The van der Waals surface area contributed by atoms with Gasteiger partial charge in [0.1, 0.15) is 0 Å². The van der Waals surface area contributed by atoms with Crippen molar-refractivity contribution in [2.24, 2.45) is 5.92 Å². The zero-order valence-corrected chi connectivity index (χ0v) is 8.96. The van der Waals surface area contributed by atoms with Gasteiger partial charge in [0, 0.05) is 24.6 Å². The van der Waals surface area contributed by atoms with Gasteiger partial charge in [-0.05, 0) is 25.3 Å². The fourth-order valence-corrected chi connectivity index (χ4v) is 2.49. The summed E-state index contributed by atoms with van der Waals surface area (Å²) in [6.07, 6.45) is 2.43. The fourth-order valence-electron chi connectivity index (χ4n) is 2.19. The smallest absolute Gasteiger partial charge is 0.0622 e. The van der Waals surface area contributed by atoms with Crippen LogP contribution in [0.25, 0.3) is 0 Å². The van der Waals surface area contributed by atoms with Crippen LogP contribution >= 0.6 is 11.6 Å². The largest absolute Gasteiger partial charge is 0.380 e. The summed E-state index contributed by atoms with van der Waals surface area (Å²) in [5, 5.41) is 0.342. The molecule has 0 N–H and O–H groups in total. The Morgan fingerprint density at radius 2 is 2.23 bits per heavy atom. The minimum Gasteiger partial charge on any atom is -0.380 e. The Balaban J connectivity index is 1.87. The van der Waals surface area contributed by atoms with E-state index in [1.165, 1.54) is 19.4 Å². The first kappa shape index (κ1) is 9.75. The van der Waals surface area contributed by atoms with Crippen LogP contribution in [0.4, 0.5) is 0 Å². The van der Waals surface area contributed by atoms with Crippen LogP contribution in [0.2, 0.25) is 0 Å². The normalized spacial score (nSPS) is 42.5. The highest BCUT2D eigenvalue weighted by Gasteiger charge is 2.30. The van der Waals surface area contributed by atoms with E-state index in [0.29, 0.717) is 17.3 Å². The Labute approximate surface area is 85.2 Å². The van der Waals surface area contributed by atoms with Crippen LogP contribution in [0.15, 0.2) is 0 Å². The predicted molar refractivity (Wildman–Crippen MR) is 54.2 cm³/mol. The topological polar surface area (TPSA) is 12.5 Å². The molecule has 2 aliphatic heterocycles. The molecule has 2 aliphatic rings. The highest BCUT2D eigenvalue weighted by atomic mass is 35.5. The quantitative estimate of drug-likeness (QED) is 0.602. The van der Waals surface area contributed by atoms with E-state index in [1.54, 1.807) is 0 Å². The van der Waals surface area contributed by atoms with Crippen LogP contribution in [0.1, 0.15) is 19.8 Å². The average Bonchev–Trinajstić information content (AvgIpc) is 2.62. The minimum absolute atomic E-state index is 0.342. The third kappa shape index (κ3) is 2.17. The third-order valence-corrected chi connectivity index (χ3v) is 3.89. The summed E-state index contributed by atoms with van der Waals surface area (Å²) in [4.78, 5) is 2.50. The zero-order chi connectivity index (χ0) is 9.26.